The zero-order valence-corrected chi connectivity index (χ0v) is 23.6. The van der Waals surface area contributed by atoms with E-state index in [2.05, 4.69) is 45.6 Å². The Morgan fingerprint density at radius 1 is 0.868 bits per heavy atom. The van der Waals surface area contributed by atoms with Crippen molar-refractivity contribution in [2.45, 2.75) is 103 Å². The Labute approximate surface area is 226 Å². The standard InChI is InChI=1S/C26H46NO10P/c1-3-5-6-7-8-9-10-11-12-13-14-15-16-17-18-25(30)35-19-22(28)20-36-38(33,34)37-21-23(26(31)32)27-24(29)4-2/h7-8,10-11,22-23,28H,3-6,9,12-21H2,1-2H3,(H,27,29)(H,31,32)(H,33,34)/b8-7-,11-10-. The number of esters is 1. The second-order valence-corrected chi connectivity index (χ2v) is 10.3. The lowest BCUT2D eigenvalue weighted by Gasteiger charge is -2.18. The van der Waals surface area contributed by atoms with Crippen LogP contribution in [0.5, 0.6) is 0 Å². The number of allylic oxidation sites excluding steroid dienone is 4. The van der Waals surface area contributed by atoms with Crippen molar-refractivity contribution in [3.63, 3.8) is 0 Å². The summed E-state index contributed by atoms with van der Waals surface area (Å²) < 4.78 is 26.0. The molecule has 0 aromatic heterocycles. The third-order valence-corrected chi connectivity index (χ3v) is 6.26. The molecular weight excluding hydrogens is 517 g/mol. The van der Waals surface area contributed by atoms with Gasteiger partial charge in [-0.1, -0.05) is 70.3 Å². The molecule has 0 aliphatic carbocycles. The molecule has 3 unspecified atom stereocenters. The van der Waals surface area contributed by atoms with Crippen molar-refractivity contribution in [3.05, 3.63) is 24.3 Å². The summed E-state index contributed by atoms with van der Waals surface area (Å²) >= 11 is 0. The van der Waals surface area contributed by atoms with Gasteiger partial charge in [-0.25, -0.2) is 9.36 Å². The van der Waals surface area contributed by atoms with E-state index in [1.807, 2.05) is 0 Å². The van der Waals surface area contributed by atoms with E-state index >= 15 is 0 Å². The van der Waals surface area contributed by atoms with Crippen molar-refractivity contribution < 1.29 is 47.8 Å². The largest absolute Gasteiger partial charge is 0.480 e. The fraction of sp³-hybridized carbons (Fsp3) is 0.731. The van der Waals surface area contributed by atoms with Gasteiger partial charge >= 0.3 is 19.8 Å². The Hall–Kier alpha value is -2.04. The van der Waals surface area contributed by atoms with Crippen molar-refractivity contribution in [2.24, 2.45) is 0 Å². The van der Waals surface area contributed by atoms with Crippen LogP contribution in [0.3, 0.4) is 0 Å². The van der Waals surface area contributed by atoms with Crippen LogP contribution >= 0.6 is 7.82 Å². The van der Waals surface area contributed by atoms with Gasteiger partial charge in [-0.3, -0.25) is 18.6 Å². The molecule has 0 aromatic rings. The molecule has 11 nitrogen and oxygen atoms in total. The molecule has 0 fully saturated rings. The van der Waals surface area contributed by atoms with E-state index < -0.39 is 57.6 Å². The van der Waals surface area contributed by atoms with E-state index in [1.165, 1.54) is 19.8 Å². The summed E-state index contributed by atoms with van der Waals surface area (Å²) in [6, 6.07) is -1.54. The number of amides is 1. The summed E-state index contributed by atoms with van der Waals surface area (Å²) in [5.41, 5.74) is 0. The lowest BCUT2D eigenvalue weighted by molar-refractivity contribution is -0.147. The van der Waals surface area contributed by atoms with E-state index in [-0.39, 0.29) is 12.8 Å². The SMILES string of the molecule is CCCC/C=C\C/C=C\CCCCCCCC(=O)OCC(O)COP(=O)(O)OCC(NC(=O)CC)C(=O)O. The van der Waals surface area contributed by atoms with Crippen molar-refractivity contribution >= 4 is 25.7 Å². The van der Waals surface area contributed by atoms with Gasteiger partial charge in [-0.2, -0.15) is 0 Å². The highest BCUT2D eigenvalue weighted by atomic mass is 31.2. The van der Waals surface area contributed by atoms with Crippen LogP contribution in [0.4, 0.5) is 0 Å². The van der Waals surface area contributed by atoms with Gasteiger partial charge in [0.05, 0.1) is 13.2 Å². The van der Waals surface area contributed by atoms with E-state index in [0.29, 0.717) is 6.42 Å². The lowest BCUT2D eigenvalue weighted by Crippen LogP contribution is -2.43. The van der Waals surface area contributed by atoms with Crippen LogP contribution in [0.2, 0.25) is 0 Å². The minimum absolute atomic E-state index is 0.0253. The molecular formula is C26H46NO10P. The predicted molar refractivity (Wildman–Crippen MR) is 143 cm³/mol. The highest BCUT2D eigenvalue weighted by Crippen LogP contribution is 2.43. The quantitative estimate of drug-likeness (QED) is 0.0570. The highest BCUT2D eigenvalue weighted by molar-refractivity contribution is 7.47. The summed E-state index contributed by atoms with van der Waals surface area (Å²) in [4.78, 5) is 43.9. The van der Waals surface area contributed by atoms with Crippen LogP contribution in [0, 0.1) is 0 Å². The van der Waals surface area contributed by atoms with Crippen LogP contribution in [0.15, 0.2) is 24.3 Å². The number of aliphatic hydroxyl groups is 1. The number of carbonyl (C=O) groups is 3. The minimum atomic E-state index is -4.71. The number of ether oxygens (including phenoxy) is 1. The predicted octanol–water partition coefficient (Wildman–Crippen LogP) is 4.43. The molecule has 38 heavy (non-hydrogen) atoms. The number of nitrogens with one attached hydrogen (secondary N) is 1. The number of aliphatic hydroxyl groups excluding tert-OH is 1. The minimum Gasteiger partial charge on any atom is -0.480 e. The number of phosphoric ester groups is 1. The average Bonchev–Trinajstić information content (AvgIpc) is 2.88. The summed E-state index contributed by atoms with van der Waals surface area (Å²) in [5.74, 6) is -2.51. The number of aliphatic carboxylic acids is 1. The molecule has 0 saturated heterocycles. The summed E-state index contributed by atoms with van der Waals surface area (Å²) in [6.45, 7) is 1.78. The molecule has 4 N–H and O–H groups in total. The van der Waals surface area contributed by atoms with Crippen molar-refractivity contribution in [1.29, 1.82) is 0 Å². The molecule has 0 aromatic carbocycles. The zero-order chi connectivity index (χ0) is 28.7. The van der Waals surface area contributed by atoms with Gasteiger partial charge in [0.2, 0.25) is 5.91 Å². The molecule has 1 amide bonds. The first-order chi connectivity index (χ1) is 18.1. The second-order valence-electron chi connectivity index (χ2n) is 8.84. The van der Waals surface area contributed by atoms with E-state index in [1.54, 1.807) is 0 Å². The van der Waals surface area contributed by atoms with Crippen LogP contribution in [-0.2, 0) is 32.7 Å². The first-order valence-corrected chi connectivity index (χ1v) is 14.9. The molecule has 12 heteroatoms. The second kappa shape index (κ2) is 22.9. The zero-order valence-electron chi connectivity index (χ0n) is 22.7. The van der Waals surface area contributed by atoms with Crippen LogP contribution in [0.1, 0.15) is 90.9 Å². The van der Waals surface area contributed by atoms with Gasteiger partial charge in [-0.05, 0) is 32.1 Å². The number of phosphoric acid groups is 1. The number of carbonyl (C=O) groups excluding carboxylic acids is 2. The third-order valence-electron chi connectivity index (χ3n) is 5.31. The summed E-state index contributed by atoms with van der Waals surface area (Å²) in [5, 5.41) is 21.0. The summed E-state index contributed by atoms with van der Waals surface area (Å²) in [6.07, 6.45) is 18.1. The molecule has 0 spiro atoms. The number of unbranched alkanes of at least 4 members (excludes halogenated alkanes) is 7. The molecule has 3 atom stereocenters. The maximum absolute atomic E-state index is 11.9. The highest BCUT2D eigenvalue weighted by Gasteiger charge is 2.28. The molecule has 0 aliphatic heterocycles. The van der Waals surface area contributed by atoms with Crippen molar-refractivity contribution in [3.8, 4) is 0 Å². The Kier molecular flexibility index (Phi) is 21.7. The number of rotatable bonds is 24. The smallest absolute Gasteiger partial charge is 0.472 e. The van der Waals surface area contributed by atoms with Gasteiger partial charge in [0.15, 0.2) is 6.04 Å². The molecule has 220 valence electrons. The molecule has 0 aliphatic rings. The van der Waals surface area contributed by atoms with Crippen LogP contribution < -0.4 is 5.32 Å². The Balaban J connectivity index is 3.88. The topological polar surface area (TPSA) is 169 Å². The molecule has 0 radical (unpaired) electrons. The fourth-order valence-corrected chi connectivity index (χ4v) is 3.83. The first kappa shape index (κ1) is 36.0. The van der Waals surface area contributed by atoms with Gasteiger partial charge in [0, 0.05) is 12.8 Å². The van der Waals surface area contributed by atoms with Gasteiger partial charge < -0.3 is 25.2 Å². The first-order valence-electron chi connectivity index (χ1n) is 13.4. The molecule has 0 rings (SSSR count). The number of hydrogen-bond donors (Lipinski definition) is 4. The maximum Gasteiger partial charge on any atom is 0.472 e. The van der Waals surface area contributed by atoms with Gasteiger partial charge in [0.1, 0.15) is 12.7 Å². The summed E-state index contributed by atoms with van der Waals surface area (Å²) in [7, 11) is -4.71. The van der Waals surface area contributed by atoms with Crippen molar-refractivity contribution in [2.75, 3.05) is 19.8 Å². The Morgan fingerprint density at radius 2 is 1.47 bits per heavy atom. The molecule has 0 saturated carbocycles. The van der Waals surface area contributed by atoms with Crippen LogP contribution in [-0.4, -0.2) is 64.9 Å². The lowest BCUT2D eigenvalue weighted by atomic mass is 10.1. The maximum atomic E-state index is 11.9. The van der Waals surface area contributed by atoms with E-state index in [9.17, 15) is 28.9 Å². The average molecular weight is 564 g/mol. The van der Waals surface area contributed by atoms with Crippen molar-refractivity contribution in [1.82, 2.24) is 5.32 Å². The number of carboxylic acids is 1. The Bertz CT molecular complexity index is 771. The molecule has 0 heterocycles. The van der Waals surface area contributed by atoms with E-state index in [4.69, 9.17) is 9.84 Å². The van der Waals surface area contributed by atoms with Crippen LogP contribution in [0.25, 0.3) is 0 Å². The monoisotopic (exact) mass is 563 g/mol. The van der Waals surface area contributed by atoms with E-state index in [0.717, 1.165) is 44.9 Å². The molecule has 0 bridgehead atoms. The Morgan fingerprint density at radius 3 is 2.11 bits per heavy atom. The third kappa shape index (κ3) is 22.0. The number of carboxylic acid groups (broad SMARTS) is 1. The normalized spacial score (nSPS) is 14.8. The van der Waals surface area contributed by atoms with Gasteiger partial charge in [-0.15, -0.1) is 0 Å². The van der Waals surface area contributed by atoms with Gasteiger partial charge in [0.25, 0.3) is 0 Å². The number of hydrogen-bond acceptors (Lipinski definition) is 8. The fourth-order valence-electron chi connectivity index (χ4n) is 3.06.